The third-order valence-electron chi connectivity index (χ3n) is 2.55. The van der Waals surface area contributed by atoms with E-state index in [2.05, 4.69) is 4.72 Å². The number of carbonyl (C=O) groups excluding carboxylic acids is 1. The molecule has 1 rings (SSSR count). The van der Waals surface area contributed by atoms with E-state index < -0.39 is 15.9 Å². The maximum Gasteiger partial charge on any atom is 0.248 e. The standard InChI is InChI=1S/C12H19N3O5S/c1-19-6-7-20-5-4-15-21(17,18)11-3-2-9(12(14)16)8-10(11)13/h2-3,8,15H,4-7,13H2,1H3,(H2,14,16). The molecule has 0 aromatic heterocycles. The Labute approximate surface area is 123 Å². The van der Waals surface area contributed by atoms with E-state index in [0.29, 0.717) is 13.2 Å². The topological polar surface area (TPSA) is 134 Å². The van der Waals surface area contributed by atoms with Crippen LogP contribution < -0.4 is 16.2 Å². The Kier molecular flexibility index (Phi) is 6.56. The highest BCUT2D eigenvalue weighted by atomic mass is 32.2. The maximum atomic E-state index is 12.0. The summed E-state index contributed by atoms with van der Waals surface area (Å²) in [4.78, 5) is 10.9. The molecule has 118 valence electrons. The molecule has 0 atom stereocenters. The summed E-state index contributed by atoms with van der Waals surface area (Å²) in [6.07, 6.45) is 0. The van der Waals surface area contributed by atoms with Crippen LogP contribution in [0.4, 0.5) is 5.69 Å². The average Bonchev–Trinajstić information content (AvgIpc) is 2.42. The van der Waals surface area contributed by atoms with E-state index in [4.69, 9.17) is 20.9 Å². The van der Waals surface area contributed by atoms with Crippen molar-refractivity contribution in [2.75, 3.05) is 39.2 Å². The number of nitrogens with one attached hydrogen (secondary N) is 1. The minimum atomic E-state index is -3.76. The summed E-state index contributed by atoms with van der Waals surface area (Å²) >= 11 is 0. The molecule has 0 spiro atoms. The first-order valence-corrected chi connectivity index (χ1v) is 7.62. The minimum absolute atomic E-state index is 0.0425. The van der Waals surface area contributed by atoms with Gasteiger partial charge >= 0.3 is 0 Å². The Bertz CT molecular complexity index is 589. The van der Waals surface area contributed by atoms with Crippen LogP contribution in [0.15, 0.2) is 23.1 Å². The fourth-order valence-electron chi connectivity index (χ4n) is 1.52. The van der Waals surface area contributed by atoms with Crippen molar-refractivity contribution in [3.63, 3.8) is 0 Å². The molecule has 21 heavy (non-hydrogen) atoms. The molecule has 1 amide bonds. The highest BCUT2D eigenvalue weighted by molar-refractivity contribution is 7.89. The zero-order chi connectivity index (χ0) is 15.9. The van der Waals surface area contributed by atoms with Crippen molar-refractivity contribution in [1.29, 1.82) is 0 Å². The molecule has 0 unspecified atom stereocenters. The molecule has 0 fully saturated rings. The molecule has 0 aliphatic heterocycles. The molecule has 0 saturated heterocycles. The first kappa shape index (κ1) is 17.4. The number of hydrogen-bond donors (Lipinski definition) is 3. The quantitative estimate of drug-likeness (QED) is 0.408. The number of carbonyl (C=O) groups is 1. The van der Waals surface area contributed by atoms with Crippen LogP contribution in [0, 0.1) is 0 Å². The molecular formula is C12H19N3O5S. The van der Waals surface area contributed by atoms with E-state index in [-0.39, 0.29) is 29.3 Å². The molecule has 0 saturated carbocycles. The number of methoxy groups -OCH3 is 1. The Morgan fingerprint density at radius 2 is 2.00 bits per heavy atom. The molecule has 0 heterocycles. The first-order valence-electron chi connectivity index (χ1n) is 6.14. The van der Waals surface area contributed by atoms with E-state index in [1.165, 1.54) is 18.2 Å². The summed E-state index contributed by atoms with van der Waals surface area (Å²) in [7, 11) is -2.22. The van der Waals surface area contributed by atoms with Crippen molar-refractivity contribution < 1.29 is 22.7 Å². The third kappa shape index (κ3) is 5.31. The van der Waals surface area contributed by atoms with Crippen LogP contribution in [0.1, 0.15) is 10.4 Å². The molecule has 1 aromatic rings. The second kappa shape index (κ2) is 7.93. The van der Waals surface area contributed by atoms with Gasteiger partial charge in [0.05, 0.1) is 25.5 Å². The second-order valence-electron chi connectivity index (χ2n) is 4.12. The lowest BCUT2D eigenvalue weighted by Crippen LogP contribution is -2.28. The van der Waals surface area contributed by atoms with Gasteiger partial charge in [0.2, 0.25) is 15.9 Å². The number of amides is 1. The Hall–Kier alpha value is -1.68. The van der Waals surface area contributed by atoms with E-state index in [9.17, 15) is 13.2 Å². The zero-order valence-electron chi connectivity index (χ0n) is 11.7. The van der Waals surface area contributed by atoms with Crippen molar-refractivity contribution in [3.8, 4) is 0 Å². The van der Waals surface area contributed by atoms with Gasteiger partial charge in [-0.15, -0.1) is 0 Å². The third-order valence-corrected chi connectivity index (χ3v) is 4.09. The summed E-state index contributed by atoms with van der Waals surface area (Å²) < 4.78 is 36.4. The van der Waals surface area contributed by atoms with Crippen LogP contribution in [-0.4, -0.2) is 47.8 Å². The van der Waals surface area contributed by atoms with Gasteiger partial charge in [-0.05, 0) is 18.2 Å². The predicted molar refractivity (Wildman–Crippen MR) is 77.3 cm³/mol. The van der Waals surface area contributed by atoms with Gasteiger partial charge in [0.1, 0.15) is 4.90 Å². The Morgan fingerprint density at radius 1 is 1.29 bits per heavy atom. The number of primary amides is 1. The van der Waals surface area contributed by atoms with Crippen LogP contribution >= 0.6 is 0 Å². The molecule has 0 aliphatic carbocycles. The fraction of sp³-hybridized carbons (Fsp3) is 0.417. The summed E-state index contributed by atoms with van der Waals surface area (Å²) in [5.74, 6) is -0.676. The van der Waals surface area contributed by atoms with Crippen LogP contribution in [0.5, 0.6) is 0 Å². The molecule has 1 aromatic carbocycles. The van der Waals surface area contributed by atoms with Crippen LogP contribution in [-0.2, 0) is 19.5 Å². The molecular weight excluding hydrogens is 298 g/mol. The zero-order valence-corrected chi connectivity index (χ0v) is 12.5. The highest BCUT2D eigenvalue weighted by Gasteiger charge is 2.17. The molecule has 5 N–H and O–H groups in total. The lowest BCUT2D eigenvalue weighted by molar-refractivity contribution is 0.0736. The van der Waals surface area contributed by atoms with Gasteiger partial charge in [0.25, 0.3) is 0 Å². The first-order chi connectivity index (χ1) is 9.88. The van der Waals surface area contributed by atoms with Gasteiger partial charge in [-0.3, -0.25) is 4.79 Å². The maximum absolute atomic E-state index is 12.0. The van der Waals surface area contributed by atoms with E-state index in [1.54, 1.807) is 7.11 Å². The fourth-order valence-corrected chi connectivity index (χ4v) is 2.64. The number of nitrogen functional groups attached to an aromatic ring is 1. The molecule has 0 aliphatic rings. The number of sulfonamides is 1. The summed E-state index contributed by atoms with van der Waals surface area (Å²) in [5.41, 5.74) is 10.8. The second-order valence-corrected chi connectivity index (χ2v) is 5.86. The van der Waals surface area contributed by atoms with Gasteiger partial charge in [-0.2, -0.15) is 0 Å². The SMILES string of the molecule is COCCOCCNS(=O)(=O)c1ccc(C(N)=O)cc1N. The van der Waals surface area contributed by atoms with E-state index in [0.717, 1.165) is 0 Å². The van der Waals surface area contributed by atoms with Gasteiger partial charge in [0.15, 0.2) is 0 Å². The van der Waals surface area contributed by atoms with Crippen LogP contribution in [0.25, 0.3) is 0 Å². The number of ether oxygens (including phenoxy) is 2. The Morgan fingerprint density at radius 3 is 2.57 bits per heavy atom. The van der Waals surface area contributed by atoms with Crippen molar-refractivity contribution >= 4 is 21.6 Å². The largest absolute Gasteiger partial charge is 0.398 e. The molecule has 0 radical (unpaired) electrons. The number of hydrogen-bond acceptors (Lipinski definition) is 6. The van der Waals surface area contributed by atoms with Crippen molar-refractivity contribution in [1.82, 2.24) is 4.72 Å². The van der Waals surface area contributed by atoms with E-state index in [1.807, 2.05) is 0 Å². The normalized spacial score (nSPS) is 11.5. The monoisotopic (exact) mass is 317 g/mol. The Balaban J connectivity index is 2.64. The van der Waals surface area contributed by atoms with Crippen LogP contribution in [0.3, 0.4) is 0 Å². The van der Waals surface area contributed by atoms with E-state index >= 15 is 0 Å². The highest BCUT2D eigenvalue weighted by Crippen LogP contribution is 2.19. The lowest BCUT2D eigenvalue weighted by atomic mass is 10.2. The van der Waals surface area contributed by atoms with Crippen molar-refractivity contribution in [3.05, 3.63) is 23.8 Å². The van der Waals surface area contributed by atoms with Crippen molar-refractivity contribution in [2.24, 2.45) is 5.73 Å². The lowest BCUT2D eigenvalue weighted by Gasteiger charge is -2.10. The summed E-state index contributed by atoms with van der Waals surface area (Å²) in [5, 5.41) is 0. The summed E-state index contributed by atoms with van der Waals surface area (Å²) in [6, 6.07) is 3.78. The molecule has 9 heteroatoms. The van der Waals surface area contributed by atoms with Gasteiger partial charge in [0, 0.05) is 19.2 Å². The number of rotatable bonds is 9. The van der Waals surface area contributed by atoms with Gasteiger partial charge in [-0.1, -0.05) is 0 Å². The van der Waals surface area contributed by atoms with Gasteiger partial charge in [-0.25, -0.2) is 13.1 Å². The minimum Gasteiger partial charge on any atom is -0.398 e. The number of nitrogens with two attached hydrogens (primary N) is 2. The van der Waals surface area contributed by atoms with Crippen molar-refractivity contribution in [2.45, 2.75) is 4.90 Å². The number of benzene rings is 1. The predicted octanol–water partition coefficient (Wildman–Crippen LogP) is -0.691. The molecule has 8 nitrogen and oxygen atoms in total. The molecule has 0 bridgehead atoms. The summed E-state index contributed by atoms with van der Waals surface area (Å²) in [6.45, 7) is 1.13. The van der Waals surface area contributed by atoms with Crippen LogP contribution in [0.2, 0.25) is 0 Å². The smallest absolute Gasteiger partial charge is 0.248 e. The van der Waals surface area contributed by atoms with Gasteiger partial charge < -0.3 is 20.9 Å². The number of anilines is 1. The average molecular weight is 317 g/mol.